The van der Waals surface area contributed by atoms with Crippen molar-refractivity contribution in [3.05, 3.63) is 54.4 Å². The van der Waals surface area contributed by atoms with Gasteiger partial charge in [0.1, 0.15) is 28.4 Å². The van der Waals surface area contributed by atoms with Gasteiger partial charge in [0.25, 0.3) is 10.0 Å². The molecule has 0 unspecified atom stereocenters. The molecule has 1 saturated heterocycles. The van der Waals surface area contributed by atoms with E-state index in [1.54, 1.807) is 12.1 Å². The van der Waals surface area contributed by atoms with E-state index in [1.165, 1.54) is 0 Å². The van der Waals surface area contributed by atoms with E-state index in [1.807, 2.05) is 6.07 Å². The summed E-state index contributed by atoms with van der Waals surface area (Å²) in [6.07, 6.45) is 1.13. The third-order valence-electron chi connectivity index (χ3n) is 4.41. The molecule has 2 heterocycles. The van der Waals surface area contributed by atoms with Crippen molar-refractivity contribution in [2.24, 2.45) is 0 Å². The molecule has 0 radical (unpaired) electrons. The maximum absolute atomic E-state index is 14.0. The average Bonchev–Trinajstić information content (AvgIpc) is 3.09. The van der Waals surface area contributed by atoms with Gasteiger partial charge in [0.2, 0.25) is 0 Å². The summed E-state index contributed by atoms with van der Waals surface area (Å²) in [5.41, 5.74) is 1.65. The van der Waals surface area contributed by atoms with Gasteiger partial charge in [0.05, 0.1) is 11.2 Å². The number of nitrogens with one attached hydrogen (secondary N) is 1. The Hall–Kier alpha value is -2.52. The van der Waals surface area contributed by atoms with Gasteiger partial charge in [0.15, 0.2) is 0 Å². The maximum atomic E-state index is 14.0. The standard InChI is InChI=1S/C17H16F2N4O2S/c18-12-4-5-13(19)16(10-12)26(24,25)23-11-21-17-14(2-1-3-15(17)23)22-8-6-20-7-9-22/h1-5,10-11,20H,6-9H2. The summed E-state index contributed by atoms with van der Waals surface area (Å²) in [4.78, 5) is 5.64. The van der Waals surface area contributed by atoms with Crippen LogP contribution in [0.3, 0.4) is 0 Å². The number of benzene rings is 2. The van der Waals surface area contributed by atoms with Crippen LogP contribution in [-0.2, 0) is 10.0 Å². The van der Waals surface area contributed by atoms with Crippen LogP contribution in [0.1, 0.15) is 0 Å². The van der Waals surface area contributed by atoms with Crippen LogP contribution in [0.4, 0.5) is 14.5 Å². The molecule has 6 nitrogen and oxygen atoms in total. The molecule has 0 bridgehead atoms. The van der Waals surface area contributed by atoms with E-state index in [-0.39, 0.29) is 0 Å². The quantitative estimate of drug-likeness (QED) is 0.755. The highest BCUT2D eigenvalue weighted by molar-refractivity contribution is 7.90. The molecule has 26 heavy (non-hydrogen) atoms. The minimum absolute atomic E-state index is 0.324. The normalized spacial score (nSPS) is 15.5. The Labute approximate surface area is 149 Å². The fourth-order valence-corrected chi connectivity index (χ4v) is 4.50. The number of aromatic nitrogens is 2. The van der Waals surface area contributed by atoms with E-state index >= 15 is 0 Å². The van der Waals surface area contributed by atoms with Crippen molar-refractivity contribution in [2.75, 3.05) is 31.1 Å². The topological polar surface area (TPSA) is 67.2 Å². The SMILES string of the molecule is O=S(=O)(c1cc(F)ccc1F)n1cnc2c(N3CCNCC3)cccc21. The summed E-state index contributed by atoms with van der Waals surface area (Å²) in [5.74, 6) is -1.83. The van der Waals surface area contributed by atoms with Crippen molar-refractivity contribution in [1.82, 2.24) is 14.3 Å². The summed E-state index contributed by atoms with van der Waals surface area (Å²) in [6.45, 7) is 3.20. The Morgan fingerprint density at radius 3 is 2.62 bits per heavy atom. The summed E-state index contributed by atoms with van der Waals surface area (Å²) in [6, 6.07) is 7.56. The van der Waals surface area contributed by atoms with Crippen LogP contribution in [0.15, 0.2) is 47.6 Å². The molecule has 0 saturated carbocycles. The van der Waals surface area contributed by atoms with Gasteiger partial charge in [-0.15, -0.1) is 0 Å². The number of hydrogen-bond donors (Lipinski definition) is 1. The summed E-state index contributed by atoms with van der Waals surface area (Å²) in [5, 5.41) is 3.25. The fourth-order valence-electron chi connectivity index (χ4n) is 3.14. The lowest BCUT2D eigenvalue weighted by Crippen LogP contribution is -2.43. The Bertz CT molecular complexity index is 1080. The zero-order valence-corrected chi connectivity index (χ0v) is 14.5. The number of piperazine rings is 1. The molecule has 1 fully saturated rings. The predicted molar refractivity (Wildman–Crippen MR) is 93.8 cm³/mol. The van der Waals surface area contributed by atoms with Crippen LogP contribution < -0.4 is 10.2 Å². The van der Waals surface area contributed by atoms with Crippen LogP contribution in [0.2, 0.25) is 0 Å². The minimum Gasteiger partial charge on any atom is -0.367 e. The predicted octanol–water partition coefficient (Wildman–Crippen LogP) is 1.96. The lowest BCUT2D eigenvalue weighted by Gasteiger charge is -2.29. The second kappa shape index (κ2) is 6.33. The highest BCUT2D eigenvalue weighted by atomic mass is 32.2. The molecule has 2 aromatic carbocycles. The van der Waals surface area contributed by atoms with E-state index in [0.29, 0.717) is 17.1 Å². The van der Waals surface area contributed by atoms with Crippen molar-refractivity contribution >= 4 is 26.7 Å². The molecular weight excluding hydrogens is 362 g/mol. The highest BCUT2D eigenvalue weighted by Gasteiger charge is 2.25. The van der Waals surface area contributed by atoms with Gasteiger partial charge in [0, 0.05) is 26.2 Å². The van der Waals surface area contributed by atoms with Crippen LogP contribution >= 0.6 is 0 Å². The number of halogens is 2. The van der Waals surface area contributed by atoms with Crippen molar-refractivity contribution < 1.29 is 17.2 Å². The first-order valence-corrected chi connectivity index (χ1v) is 9.55. The molecule has 0 atom stereocenters. The van der Waals surface area contributed by atoms with Gasteiger partial charge < -0.3 is 10.2 Å². The van der Waals surface area contributed by atoms with Crippen molar-refractivity contribution in [3.63, 3.8) is 0 Å². The number of anilines is 1. The van der Waals surface area contributed by atoms with Crippen molar-refractivity contribution in [1.29, 1.82) is 0 Å². The van der Waals surface area contributed by atoms with E-state index < -0.39 is 26.6 Å². The van der Waals surface area contributed by atoms with Crippen LogP contribution in [0.25, 0.3) is 11.0 Å². The van der Waals surface area contributed by atoms with E-state index in [0.717, 1.165) is 54.3 Å². The smallest absolute Gasteiger partial charge is 0.272 e. The molecule has 1 aliphatic rings. The molecule has 1 aromatic heterocycles. The molecule has 9 heteroatoms. The monoisotopic (exact) mass is 378 g/mol. The molecule has 3 aromatic rings. The first kappa shape index (κ1) is 16.9. The van der Waals surface area contributed by atoms with Crippen molar-refractivity contribution in [3.8, 4) is 0 Å². The third kappa shape index (κ3) is 2.73. The molecule has 0 amide bonds. The largest absolute Gasteiger partial charge is 0.367 e. The third-order valence-corrected chi connectivity index (χ3v) is 6.09. The number of imidazole rings is 1. The molecule has 4 rings (SSSR count). The number of nitrogens with zero attached hydrogens (tertiary/aromatic N) is 3. The second-order valence-electron chi connectivity index (χ2n) is 6.00. The summed E-state index contributed by atoms with van der Waals surface area (Å²) >= 11 is 0. The van der Waals surface area contributed by atoms with Gasteiger partial charge in [-0.05, 0) is 30.3 Å². The Morgan fingerprint density at radius 1 is 1.08 bits per heavy atom. The van der Waals surface area contributed by atoms with Gasteiger partial charge in [-0.3, -0.25) is 0 Å². The number of fused-ring (bicyclic) bond motifs is 1. The Kier molecular flexibility index (Phi) is 4.12. The van der Waals surface area contributed by atoms with E-state index in [4.69, 9.17) is 0 Å². The zero-order valence-electron chi connectivity index (χ0n) is 13.7. The lowest BCUT2D eigenvalue weighted by atomic mass is 10.2. The van der Waals surface area contributed by atoms with Crippen LogP contribution in [0, 0.1) is 11.6 Å². The summed E-state index contributed by atoms with van der Waals surface area (Å²) in [7, 11) is -4.31. The molecule has 1 aliphatic heterocycles. The lowest BCUT2D eigenvalue weighted by molar-refractivity contribution is 0.549. The Balaban J connectivity index is 1.86. The van der Waals surface area contributed by atoms with Gasteiger partial charge >= 0.3 is 0 Å². The molecule has 1 N–H and O–H groups in total. The zero-order chi connectivity index (χ0) is 18.3. The van der Waals surface area contributed by atoms with Crippen molar-refractivity contribution in [2.45, 2.75) is 4.90 Å². The van der Waals surface area contributed by atoms with Crippen LogP contribution in [0.5, 0.6) is 0 Å². The fraction of sp³-hybridized carbons (Fsp3) is 0.235. The number of para-hydroxylation sites is 1. The van der Waals surface area contributed by atoms with Gasteiger partial charge in [-0.25, -0.2) is 26.2 Å². The summed E-state index contributed by atoms with van der Waals surface area (Å²) < 4.78 is 54.1. The molecular formula is C17H16F2N4O2S. The highest BCUT2D eigenvalue weighted by Crippen LogP contribution is 2.29. The maximum Gasteiger partial charge on any atom is 0.272 e. The molecule has 0 spiro atoms. The Morgan fingerprint density at radius 2 is 1.85 bits per heavy atom. The van der Waals surface area contributed by atoms with Gasteiger partial charge in [-0.2, -0.15) is 0 Å². The second-order valence-corrected chi connectivity index (χ2v) is 7.79. The molecule has 136 valence electrons. The van der Waals surface area contributed by atoms with E-state index in [9.17, 15) is 17.2 Å². The first-order chi connectivity index (χ1) is 12.5. The minimum atomic E-state index is -4.31. The van der Waals surface area contributed by atoms with Gasteiger partial charge in [-0.1, -0.05) is 6.07 Å². The molecule has 0 aliphatic carbocycles. The average molecular weight is 378 g/mol. The number of rotatable bonds is 3. The number of hydrogen-bond acceptors (Lipinski definition) is 5. The first-order valence-electron chi connectivity index (χ1n) is 8.11. The van der Waals surface area contributed by atoms with E-state index in [2.05, 4.69) is 15.2 Å². The van der Waals surface area contributed by atoms with Crippen LogP contribution in [-0.4, -0.2) is 43.6 Å².